The van der Waals surface area contributed by atoms with Crippen molar-refractivity contribution in [2.45, 2.75) is 229 Å². The minimum Gasteiger partial charge on any atom is -0.504 e. The van der Waals surface area contributed by atoms with Gasteiger partial charge in [0.15, 0.2) is 36.7 Å². The van der Waals surface area contributed by atoms with Crippen molar-refractivity contribution in [3.05, 3.63) is 41.5 Å². The van der Waals surface area contributed by atoms with Crippen LogP contribution in [-0.2, 0) is 52.2 Å². The Kier molecular flexibility index (Phi) is 18.2. The van der Waals surface area contributed by atoms with E-state index in [0.717, 1.165) is 51.0 Å². The molecule has 27 unspecified atom stereocenters. The molecule has 4 saturated heterocycles. The Morgan fingerprint density at radius 1 is 0.671 bits per heavy atom. The number of fused-ring (bicyclic) bond motifs is 7. The van der Waals surface area contributed by atoms with E-state index in [1.807, 2.05) is 6.92 Å². The van der Waals surface area contributed by atoms with E-state index in [4.69, 9.17) is 42.6 Å². The van der Waals surface area contributed by atoms with Crippen LogP contribution >= 0.6 is 0 Å². The lowest BCUT2D eigenvalue weighted by molar-refractivity contribution is -0.383. The van der Waals surface area contributed by atoms with Gasteiger partial charge < -0.3 is 109 Å². The second kappa shape index (κ2) is 24.0. The Morgan fingerprint density at radius 3 is 2.06 bits per heavy atom. The number of hydrogen-bond acceptors (Lipinski definition) is 23. The fourth-order valence-corrected chi connectivity index (χ4v) is 17.0. The van der Waals surface area contributed by atoms with Crippen LogP contribution in [0.3, 0.4) is 0 Å². The number of carbonyl (C=O) groups excluding carboxylic acids is 1. The molecule has 10 rings (SSSR count). The van der Waals surface area contributed by atoms with Gasteiger partial charge in [0.25, 0.3) is 0 Å². The summed E-state index contributed by atoms with van der Waals surface area (Å²) in [5, 5.41) is 142. The minimum atomic E-state index is -1.96. The van der Waals surface area contributed by atoms with Crippen LogP contribution in [0.1, 0.15) is 118 Å². The summed E-state index contributed by atoms with van der Waals surface area (Å²) in [6.45, 7) is 13.3. The van der Waals surface area contributed by atoms with Crippen molar-refractivity contribution in [1.82, 2.24) is 0 Å². The summed E-state index contributed by atoms with van der Waals surface area (Å²) >= 11 is 0. The topological polar surface area (TPSA) is 380 Å². The van der Waals surface area contributed by atoms with Gasteiger partial charge in [-0.15, -0.1) is 0 Å². The number of phenolic OH excluding ortho intramolecular Hbond substituents is 2. The van der Waals surface area contributed by atoms with Crippen molar-refractivity contribution in [3.63, 3.8) is 0 Å². The molecule has 27 atom stereocenters. The van der Waals surface area contributed by atoms with Crippen LogP contribution in [0.5, 0.6) is 11.5 Å². The number of carboxylic acid groups (broad SMARTS) is 1. The number of aliphatic hydroxyl groups is 10. The third kappa shape index (κ3) is 11.3. The monoisotopic (exact) mass is 1210 g/mol. The number of carboxylic acids is 1. The number of aromatic hydroxyl groups is 2. The molecule has 5 aliphatic carbocycles. The molecule has 4 saturated carbocycles. The maximum Gasteiger partial charge on any atom is 0.330 e. The van der Waals surface area contributed by atoms with Gasteiger partial charge >= 0.3 is 11.9 Å². The highest BCUT2D eigenvalue weighted by Gasteiger charge is 2.70. The molecule has 0 amide bonds. The van der Waals surface area contributed by atoms with Gasteiger partial charge in [-0.1, -0.05) is 59.3 Å². The number of phenols is 2. The van der Waals surface area contributed by atoms with E-state index in [0.29, 0.717) is 24.8 Å². The van der Waals surface area contributed by atoms with Crippen molar-refractivity contribution < 1.29 is 119 Å². The predicted molar refractivity (Wildman–Crippen MR) is 294 cm³/mol. The molecule has 0 aromatic heterocycles. The molecule has 24 nitrogen and oxygen atoms in total. The number of aliphatic hydroxyl groups excluding tert-OH is 10. The lowest BCUT2D eigenvalue weighted by Gasteiger charge is -2.71. The number of benzene rings is 1. The molecule has 24 heteroatoms. The number of esters is 1. The first-order valence-corrected chi connectivity index (χ1v) is 30.1. The third-order valence-corrected chi connectivity index (χ3v) is 22.5. The highest BCUT2D eigenvalue weighted by Crippen LogP contribution is 2.76. The molecular weight excluding hydrogens is 1120 g/mol. The second-order valence-electron chi connectivity index (χ2n) is 27.7. The summed E-state index contributed by atoms with van der Waals surface area (Å²) in [6, 6.07) is 3.82. The van der Waals surface area contributed by atoms with Crippen LogP contribution in [-0.4, -0.2) is 221 Å². The summed E-state index contributed by atoms with van der Waals surface area (Å²) in [5.74, 6) is -2.25. The number of rotatable bonds is 14. The molecule has 478 valence electrons. The molecule has 4 aliphatic heterocycles. The molecule has 0 spiro atoms. The fourth-order valence-electron chi connectivity index (χ4n) is 17.0. The lowest BCUT2D eigenvalue weighted by atomic mass is 9.33. The predicted octanol–water partition coefficient (Wildman–Crippen LogP) is 1.48. The average Bonchev–Trinajstić information content (AvgIpc) is 0.701. The number of ether oxygens (including phenoxy) is 9. The highest BCUT2D eigenvalue weighted by atomic mass is 16.8. The zero-order chi connectivity index (χ0) is 61.7. The Morgan fingerprint density at radius 2 is 1.35 bits per heavy atom. The SMILES string of the molecule is CC1OC(OC2C(OC3CCC4(C)C(CCC5(C)C4CC=C4C6CC(C)(C)CCC6(C(=O)O)CCC45C)C3(C)CO)OCC(O)C2O)C(O)C(OC2OCC(OC3OC(COC(=O)C=Cc4ccc(O)c(O)c4)C(O)C(O)C3O)C(O)C2O)C1O. The van der Waals surface area contributed by atoms with Crippen molar-refractivity contribution in [1.29, 1.82) is 0 Å². The highest BCUT2D eigenvalue weighted by molar-refractivity contribution is 5.87. The van der Waals surface area contributed by atoms with Gasteiger partial charge in [0.05, 0.1) is 37.4 Å². The third-order valence-electron chi connectivity index (χ3n) is 22.5. The molecule has 1 aromatic carbocycles. The van der Waals surface area contributed by atoms with E-state index < -0.39 is 158 Å². The Bertz CT molecular complexity index is 2640. The average molecular weight is 1210 g/mol. The summed E-state index contributed by atoms with van der Waals surface area (Å²) < 4.78 is 53.4. The van der Waals surface area contributed by atoms with Gasteiger partial charge in [0.2, 0.25) is 0 Å². The van der Waals surface area contributed by atoms with Gasteiger partial charge in [-0.3, -0.25) is 4.79 Å². The molecular formula is C61H90O24. The fraction of sp³-hybridized carbons (Fsp3) is 0.803. The smallest absolute Gasteiger partial charge is 0.330 e. The summed E-state index contributed by atoms with van der Waals surface area (Å²) in [7, 11) is 0. The van der Waals surface area contributed by atoms with Crippen LogP contribution in [0.2, 0.25) is 0 Å². The lowest BCUT2D eigenvalue weighted by Crippen LogP contribution is -2.67. The first kappa shape index (κ1) is 64.5. The van der Waals surface area contributed by atoms with Gasteiger partial charge in [-0.25, -0.2) is 4.79 Å². The Labute approximate surface area is 494 Å². The number of carbonyl (C=O) groups is 2. The molecule has 4 heterocycles. The molecule has 0 radical (unpaired) electrons. The zero-order valence-electron chi connectivity index (χ0n) is 49.4. The van der Waals surface area contributed by atoms with Crippen molar-refractivity contribution in [2.75, 3.05) is 26.4 Å². The van der Waals surface area contributed by atoms with Crippen molar-refractivity contribution in [2.24, 2.45) is 50.2 Å². The normalized spacial score (nSPS) is 48.9. The first-order chi connectivity index (χ1) is 39.9. The van der Waals surface area contributed by atoms with Crippen LogP contribution in [0.4, 0.5) is 0 Å². The molecule has 85 heavy (non-hydrogen) atoms. The van der Waals surface area contributed by atoms with E-state index in [2.05, 4.69) is 40.7 Å². The van der Waals surface area contributed by atoms with Crippen molar-refractivity contribution in [3.8, 4) is 11.5 Å². The Hall–Kier alpha value is -3.48. The number of aliphatic carboxylic acids is 1. The number of hydrogen-bond donors (Lipinski definition) is 13. The van der Waals surface area contributed by atoms with Gasteiger partial charge in [0.1, 0.15) is 86.0 Å². The summed E-state index contributed by atoms with van der Waals surface area (Å²) in [6.07, 6.45) is -18.4. The summed E-state index contributed by atoms with van der Waals surface area (Å²) in [5.41, 5.74) is -0.544. The van der Waals surface area contributed by atoms with Gasteiger partial charge in [0, 0.05) is 11.5 Å². The quantitative estimate of drug-likeness (QED) is 0.0412. The molecule has 13 N–H and O–H groups in total. The first-order valence-electron chi connectivity index (χ1n) is 30.1. The molecule has 8 fully saturated rings. The standard InChI is InChI=1S/C61H90O24/c1-28-41(67)49(84-51-46(72)44(70)36(26-79-51)82-52-47(73)45(71)43(69)35(81-52)25-77-40(66)13-9-29-8-11-32(63)33(64)22-29)48(74)53(80-28)85-50-42(68)34(65)24-78-54(50)83-39-15-16-57(4)37(58(39,5)27-62)14-17-60(7)38(57)12-10-30-31-23-56(2,3)18-20-61(31,55(75)76)21-19-59(30,60)6/h8-11,13,22,28,31,34-39,41-54,62-65,67-74H,12,14-21,23-27H2,1-7H3,(H,75,76). The minimum absolute atomic E-state index is 0.0290. The Balaban J connectivity index is 0.779. The van der Waals surface area contributed by atoms with E-state index in [-0.39, 0.29) is 58.4 Å². The maximum absolute atomic E-state index is 13.2. The number of allylic oxidation sites excluding steroid dienone is 2. The molecule has 0 bridgehead atoms. The largest absolute Gasteiger partial charge is 0.504 e. The van der Waals surface area contributed by atoms with E-state index in [1.165, 1.54) is 36.8 Å². The van der Waals surface area contributed by atoms with Crippen LogP contribution in [0, 0.1) is 50.2 Å². The zero-order valence-corrected chi connectivity index (χ0v) is 49.4. The van der Waals surface area contributed by atoms with E-state index in [1.54, 1.807) is 0 Å². The maximum atomic E-state index is 13.2. The van der Waals surface area contributed by atoms with Gasteiger partial charge in [-0.2, -0.15) is 0 Å². The molecule has 1 aromatic rings. The van der Waals surface area contributed by atoms with E-state index >= 15 is 0 Å². The summed E-state index contributed by atoms with van der Waals surface area (Å²) in [4.78, 5) is 25.7. The van der Waals surface area contributed by atoms with Crippen LogP contribution in [0.15, 0.2) is 35.9 Å². The van der Waals surface area contributed by atoms with Gasteiger partial charge in [-0.05, 0) is 134 Å². The second-order valence-corrected chi connectivity index (χ2v) is 27.7. The van der Waals surface area contributed by atoms with Crippen LogP contribution in [0.25, 0.3) is 6.08 Å². The van der Waals surface area contributed by atoms with Crippen LogP contribution < -0.4 is 0 Å². The van der Waals surface area contributed by atoms with E-state index in [9.17, 15) is 76.0 Å². The molecule has 9 aliphatic rings. The van der Waals surface area contributed by atoms with Crippen molar-refractivity contribution >= 4 is 18.0 Å².